The summed E-state index contributed by atoms with van der Waals surface area (Å²) in [5, 5.41) is 10.3. The molecule has 1 aromatic carbocycles. The van der Waals surface area contributed by atoms with Gasteiger partial charge in [0.25, 0.3) is 0 Å². The van der Waals surface area contributed by atoms with Gasteiger partial charge in [0.05, 0.1) is 17.1 Å². The summed E-state index contributed by atoms with van der Waals surface area (Å²) in [4.78, 5) is 18.1. The second kappa shape index (κ2) is 5.88. The molecule has 116 valence electrons. The molecule has 0 saturated carbocycles. The first-order chi connectivity index (χ1) is 10.5. The monoisotopic (exact) mass is 362 g/mol. The number of halogens is 1. The molecule has 5 heteroatoms. The summed E-state index contributed by atoms with van der Waals surface area (Å²) < 4.78 is 1.03. The molecule has 1 aliphatic heterocycles. The summed E-state index contributed by atoms with van der Waals surface area (Å²) in [7, 11) is 0. The van der Waals surface area contributed by atoms with Crippen LogP contribution in [-0.2, 0) is 4.79 Å². The molecule has 0 amide bonds. The Morgan fingerprint density at radius 3 is 2.64 bits per heavy atom. The van der Waals surface area contributed by atoms with Crippen LogP contribution in [0.2, 0.25) is 0 Å². The van der Waals surface area contributed by atoms with Crippen molar-refractivity contribution in [3.05, 3.63) is 33.9 Å². The van der Waals surface area contributed by atoms with Gasteiger partial charge >= 0.3 is 5.97 Å². The van der Waals surface area contributed by atoms with E-state index in [0.29, 0.717) is 12.8 Å². The highest BCUT2D eigenvalue weighted by Crippen LogP contribution is 2.35. The van der Waals surface area contributed by atoms with Gasteiger partial charge in [0.1, 0.15) is 0 Å². The Morgan fingerprint density at radius 2 is 2.00 bits per heavy atom. The van der Waals surface area contributed by atoms with Crippen LogP contribution in [0.3, 0.4) is 0 Å². The fraction of sp³-hybridized carbons (Fsp3) is 0.412. The van der Waals surface area contributed by atoms with Gasteiger partial charge in [0.15, 0.2) is 0 Å². The van der Waals surface area contributed by atoms with Gasteiger partial charge in [-0.05, 0) is 50.5 Å². The van der Waals surface area contributed by atoms with E-state index in [-0.39, 0.29) is 5.92 Å². The zero-order chi connectivity index (χ0) is 15.9. The Kier molecular flexibility index (Phi) is 4.08. The number of pyridine rings is 1. The topological polar surface area (TPSA) is 53.4 Å². The molecule has 1 fully saturated rings. The maximum atomic E-state index is 11.1. The number of aryl methyl sites for hydroxylation is 1. The van der Waals surface area contributed by atoms with E-state index < -0.39 is 5.97 Å². The van der Waals surface area contributed by atoms with Crippen molar-refractivity contribution < 1.29 is 9.90 Å². The summed E-state index contributed by atoms with van der Waals surface area (Å²) in [5.41, 5.74) is 4.40. The fourth-order valence-corrected chi connectivity index (χ4v) is 3.55. The van der Waals surface area contributed by atoms with Crippen LogP contribution in [-0.4, -0.2) is 29.1 Å². The summed E-state index contributed by atoms with van der Waals surface area (Å²) >= 11 is 3.54. The number of piperidine rings is 1. The predicted octanol–water partition coefficient (Wildman–Crippen LogP) is 3.92. The highest BCUT2D eigenvalue weighted by atomic mass is 79.9. The van der Waals surface area contributed by atoms with Gasteiger partial charge < -0.3 is 10.0 Å². The van der Waals surface area contributed by atoms with Crippen LogP contribution in [0.4, 0.5) is 5.69 Å². The van der Waals surface area contributed by atoms with Crippen molar-refractivity contribution in [2.75, 3.05) is 18.0 Å². The summed E-state index contributed by atoms with van der Waals surface area (Å²) in [6.45, 7) is 5.69. The van der Waals surface area contributed by atoms with E-state index in [0.717, 1.165) is 34.2 Å². The Balaban J connectivity index is 2.04. The molecule has 0 spiro atoms. The number of rotatable bonds is 2. The van der Waals surface area contributed by atoms with Gasteiger partial charge in [-0.15, -0.1) is 0 Å². The van der Waals surface area contributed by atoms with Crippen LogP contribution in [0.5, 0.6) is 0 Å². The number of carboxylic acids is 1. The normalized spacial score (nSPS) is 16.2. The number of aromatic nitrogens is 1. The van der Waals surface area contributed by atoms with Crippen molar-refractivity contribution in [1.29, 1.82) is 0 Å². The predicted molar refractivity (Wildman–Crippen MR) is 91.5 cm³/mol. The first kappa shape index (κ1) is 15.3. The first-order valence-corrected chi connectivity index (χ1v) is 8.31. The summed E-state index contributed by atoms with van der Waals surface area (Å²) in [6, 6.07) is 6.14. The molecule has 3 rings (SSSR count). The molecule has 0 radical (unpaired) electrons. The van der Waals surface area contributed by atoms with Crippen LogP contribution < -0.4 is 4.90 Å². The minimum Gasteiger partial charge on any atom is -0.481 e. The Bertz CT molecular complexity index is 737. The third kappa shape index (κ3) is 2.70. The molecule has 1 aliphatic rings. The van der Waals surface area contributed by atoms with Crippen molar-refractivity contribution in [2.24, 2.45) is 5.92 Å². The van der Waals surface area contributed by atoms with E-state index in [1.54, 1.807) is 0 Å². The van der Waals surface area contributed by atoms with Gasteiger partial charge in [-0.1, -0.05) is 15.9 Å². The molecule has 4 nitrogen and oxygen atoms in total. The molecular formula is C17H19BrN2O2. The highest BCUT2D eigenvalue weighted by molar-refractivity contribution is 9.10. The fourth-order valence-electron chi connectivity index (χ4n) is 3.19. The van der Waals surface area contributed by atoms with E-state index in [1.807, 2.05) is 19.1 Å². The van der Waals surface area contributed by atoms with E-state index in [9.17, 15) is 4.79 Å². The second-order valence-electron chi connectivity index (χ2n) is 5.93. The molecule has 0 aliphatic carbocycles. The van der Waals surface area contributed by atoms with E-state index in [1.165, 1.54) is 11.3 Å². The quantitative estimate of drug-likeness (QED) is 0.879. The van der Waals surface area contributed by atoms with Crippen molar-refractivity contribution >= 4 is 38.5 Å². The van der Waals surface area contributed by atoms with E-state index in [2.05, 4.69) is 38.8 Å². The van der Waals surface area contributed by atoms with E-state index in [4.69, 9.17) is 5.11 Å². The van der Waals surface area contributed by atoms with Crippen LogP contribution in [0.15, 0.2) is 22.7 Å². The minimum atomic E-state index is -0.671. The first-order valence-electron chi connectivity index (χ1n) is 7.51. The molecule has 1 aromatic heterocycles. The Morgan fingerprint density at radius 1 is 1.32 bits per heavy atom. The van der Waals surface area contributed by atoms with Crippen LogP contribution >= 0.6 is 15.9 Å². The van der Waals surface area contributed by atoms with Crippen LogP contribution in [0.1, 0.15) is 24.1 Å². The molecule has 22 heavy (non-hydrogen) atoms. The lowest BCUT2D eigenvalue weighted by Crippen LogP contribution is -2.37. The third-order valence-electron chi connectivity index (χ3n) is 4.56. The SMILES string of the molecule is Cc1nc2ccc(Br)cc2c(N2CCC(C(=O)O)CC2)c1C. The van der Waals surface area contributed by atoms with Crippen molar-refractivity contribution in [2.45, 2.75) is 26.7 Å². The summed E-state index contributed by atoms with van der Waals surface area (Å²) in [5.74, 6) is -0.882. The standard InChI is InChI=1S/C17H19BrN2O2/c1-10-11(2)19-15-4-3-13(18)9-14(15)16(10)20-7-5-12(6-8-20)17(21)22/h3-4,9,12H,5-8H2,1-2H3,(H,21,22). The number of nitrogens with zero attached hydrogens (tertiary/aromatic N) is 2. The lowest BCUT2D eigenvalue weighted by Gasteiger charge is -2.34. The van der Waals surface area contributed by atoms with E-state index >= 15 is 0 Å². The van der Waals surface area contributed by atoms with Crippen molar-refractivity contribution in [3.63, 3.8) is 0 Å². The maximum Gasteiger partial charge on any atom is 0.306 e. The maximum absolute atomic E-state index is 11.1. The molecule has 2 aromatic rings. The average molecular weight is 363 g/mol. The third-order valence-corrected chi connectivity index (χ3v) is 5.05. The number of hydrogen-bond donors (Lipinski definition) is 1. The van der Waals surface area contributed by atoms with Gasteiger partial charge in [-0.25, -0.2) is 0 Å². The number of benzene rings is 1. The molecule has 0 atom stereocenters. The molecular weight excluding hydrogens is 344 g/mol. The van der Waals surface area contributed by atoms with Crippen molar-refractivity contribution in [3.8, 4) is 0 Å². The number of aliphatic carboxylic acids is 1. The van der Waals surface area contributed by atoms with Gasteiger partial charge in [-0.3, -0.25) is 9.78 Å². The smallest absolute Gasteiger partial charge is 0.306 e. The molecule has 2 heterocycles. The largest absolute Gasteiger partial charge is 0.481 e. The lowest BCUT2D eigenvalue weighted by molar-refractivity contribution is -0.142. The molecule has 0 bridgehead atoms. The lowest BCUT2D eigenvalue weighted by atomic mass is 9.95. The molecule has 1 saturated heterocycles. The Labute approximate surface area is 138 Å². The summed E-state index contributed by atoms with van der Waals surface area (Å²) in [6.07, 6.45) is 1.40. The van der Waals surface area contributed by atoms with Gasteiger partial charge in [0.2, 0.25) is 0 Å². The molecule has 0 unspecified atom stereocenters. The van der Waals surface area contributed by atoms with Crippen molar-refractivity contribution in [1.82, 2.24) is 4.98 Å². The van der Waals surface area contributed by atoms with Gasteiger partial charge in [-0.2, -0.15) is 0 Å². The number of carbonyl (C=O) groups is 1. The Hall–Kier alpha value is -1.62. The number of hydrogen-bond acceptors (Lipinski definition) is 3. The van der Waals surface area contributed by atoms with Crippen LogP contribution in [0, 0.1) is 19.8 Å². The van der Waals surface area contributed by atoms with Gasteiger partial charge in [0, 0.05) is 28.6 Å². The van der Waals surface area contributed by atoms with Crippen LogP contribution in [0.25, 0.3) is 10.9 Å². The average Bonchev–Trinajstić information content (AvgIpc) is 2.49. The number of fused-ring (bicyclic) bond motifs is 1. The zero-order valence-electron chi connectivity index (χ0n) is 12.8. The minimum absolute atomic E-state index is 0.211. The zero-order valence-corrected chi connectivity index (χ0v) is 14.4. The molecule has 1 N–H and O–H groups in total. The number of carboxylic acid groups (broad SMARTS) is 1. The second-order valence-corrected chi connectivity index (χ2v) is 6.85. The number of anilines is 1. The highest BCUT2D eigenvalue weighted by Gasteiger charge is 2.26.